The monoisotopic (exact) mass is 353 g/mol. The molecular formula is C15H16ClN3O3S. The molecular weight excluding hydrogens is 338 g/mol. The van der Waals surface area contributed by atoms with Gasteiger partial charge in [-0.05, 0) is 37.6 Å². The molecule has 0 aliphatic rings. The summed E-state index contributed by atoms with van der Waals surface area (Å²) in [5, 5.41) is 12.0. The maximum absolute atomic E-state index is 11.9. The highest BCUT2D eigenvalue weighted by Crippen LogP contribution is 2.36. The van der Waals surface area contributed by atoms with E-state index in [1.165, 1.54) is 24.5 Å². The zero-order valence-electron chi connectivity index (χ0n) is 12.9. The van der Waals surface area contributed by atoms with Gasteiger partial charge < -0.3 is 9.47 Å². The van der Waals surface area contributed by atoms with Gasteiger partial charge in [-0.25, -0.2) is 0 Å². The number of carbonyl (C=O) groups excluding carboxylic acids is 1. The van der Waals surface area contributed by atoms with Crippen LogP contribution >= 0.6 is 22.9 Å². The molecule has 1 aromatic carbocycles. The fourth-order valence-electron chi connectivity index (χ4n) is 1.81. The summed E-state index contributed by atoms with van der Waals surface area (Å²) in [7, 11) is 1.52. The predicted molar refractivity (Wildman–Crippen MR) is 91.5 cm³/mol. The Balaban J connectivity index is 2.13. The Morgan fingerprint density at radius 3 is 2.83 bits per heavy atom. The highest BCUT2D eigenvalue weighted by Gasteiger charge is 2.10. The molecule has 2 aromatic rings. The molecule has 8 heteroatoms. The molecule has 122 valence electrons. The Labute approximate surface area is 143 Å². The van der Waals surface area contributed by atoms with E-state index in [0.29, 0.717) is 28.3 Å². The lowest BCUT2D eigenvalue weighted by Crippen LogP contribution is -2.07. The number of methoxy groups -OCH3 is 1. The van der Waals surface area contributed by atoms with Crippen molar-refractivity contribution in [1.29, 1.82) is 0 Å². The normalized spacial score (nSPS) is 10.8. The van der Waals surface area contributed by atoms with Crippen molar-refractivity contribution in [2.45, 2.75) is 13.8 Å². The molecule has 0 atom stereocenters. The molecule has 1 heterocycles. The van der Waals surface area contributed by atoms with Gasteiger partial charge in [0.1, 0.15) is 5.01 Å². The van der Waals surface area contributed by atoms with E-state index in [1.54, 1.807) is 18.2 Å². The van der Waals surface area contributed by atoms with Crippen LogP contribution in [-0.2, 0) is 4.79 Å². The first-order valence-corrected chi connectivity index (χ1v) is 8.02. The van der Waals surface area contributed by atoms with Crippen LogP contribution in [0.1, 0.15) is 17.5 Å². The van der Waals surface area contributed by atoms with Gasteiger partial charge in [-0.15, -0.1) is 10.2 Å². The standard InChI is InChI=1S/C15H16ClN3O3S/c1-4-22-12-8-10(7-11(16)14(12)21-3)5-6-13(20)17-15-19-18-9(2)23-15/h5-8H,4H2,1-3H3,(H,17,19,20)/b6-5+. The zero-order valence-corrected chi connectivity index (χ0v) is 14.5. The van der Waals surface area contributed by atoms with Gasteiger partial charge in [-0.1, -0.05) is 22.9 Å². The number of rotatable bonds is 6. The fraction of sp³-hybridized carbons (Fsp3) is 0.267. The summed E-state index contributed by atoms with van der Waals surface area (Å²) < 4.78 is 10.7. The summed E-state index contributed by atoms with van der Waals surface area (Å²) in [6.07, 6.45) is 3.03. The maximum Gasteiger partial charge on any atom is 0.250 e. The van der Waals surface area contributed by atoms with Crippen LogP contribution in [0, 0.1) is 6.92 Å². The van der Waals surface area contributed by atoms with Crippen molar-refractivity contribution in [3.05, 3.63) is 33.8 Å². The summed E-state index contributed by atoms with van der Waals surface area (Å²) in [4.78, 5) is 11.9. The number of ether oxygens (including phenoxy) is 2. The molecule has 1 N–H and O–H groups in total. The number of benzene rings is 1. The second kappa shape index (κ2) is 7.94. The minimum atomic E-state index is -0.300. The third kappa shape index (κ3) is 4.67. The third-order valence-electron chi connectivity index (χ3n) is 2.72. The van der Waals surface area contributed by atoms with Crippen molar-refractivity contribution in [3.8, 4) is 11.5 Å². The van der Waals surface area contributed by atoms with Crippen molar-refractivity contribution in [2.75, 3.05) is 19.0 Å². The van der Waals surface area contributed by atoms with Crippen molar-refractivity contribution in [3.63, 3.8) is 0 Å². The summed E-state index contributed by atoms with van der Waals surface area (Å²) in [5.74, 6) is 0.702. The quantitative estimate of drug-likeness (QED) is 0.804. The Kier molecular flexibility index (Phi) is 5.95. The number of anilines is 1. The lowest BCUT2D eigenvalue weighted by molar-refractivity contribution is -0.111. The van der Waals surface area contributed by atoms with Gasteiger partial charge in [-0.2, -0.15) is 0 Å². The first-order chi connectivity index (χ1) is 11.0. The van der Waals surface area contributed by atoms with E-state index in [9.17, 15) is 4.79 Å². The summed E-state index contributed by atoms with van der Waals surface area (Å²) in [6.45, 7) is 4.17. The molecule has 0 radical (unpaired) electrons. The van der Waals surface area contributed by atoms with Crippen LogP contribution < -0.4 is 14.8 Å². The lowest BCUT2D eigenvalue weighted by atomic mass is 10.2. The second-order valence-electron chi connectivity index (χ2n) is 4.42. The van der Waals surface area contributed by atoms with Gasteiger partial charge in [0.15, 0.2) is 11.5 Å². The molecule has 1 aromatic heterocycles. The van der Waals surface area contributed by atoms with E-state index in [4.69, 9.17) is 21.1 Å². The Hall–Kier alpha value is -2.12. The number of nitrogens with one attached hydrogen (secondary N) is 1. The summed E-state index contributed by atoms with van der Waals surface area (Å²) in [5.41, 5.74) is 0.725. The smallest absolute Gasteiger partial charge is 0.250 e. The molecule has 0 saturated carbocycles. The minimum Gasteiger partial charge on any atom is -0.491 e. The van der Waals surface area contributed by atoms with Crippen molar-refractivity contribution >= 4 is 40.1 Å². The predicted octanol–water partition coefficient (Wildman–Crippen LogP) is 3.56. The second-order valence-corrected chi connectivity index (χ2v) is 6.00. The third-order valence-corrected chi connectivity index (χ3v) is 3.75. The van der Waals surface area contributed by atoms with Crippen LogP contribution in [0.2, 0.25) is 5.02 Å². The van der Waals surface area contributed by atoms with E-state index in [-0.39, 0.29) is 5.91 Å². The Bertz CT molecular complexity index is 731. The van der Waals surface area contributed by atoms with Crippen LogP contribution in [-0.4, -0.2) is 29.8 Å². The van der Waals surface area contributed by atoms with E-state index >= 15 is 0 Å². The topological polar surface area (TPSA) is 73.3 Å². The van der Waals surface area contributed by atoms with Gasteiger partial charge >= 0.3 is 0 Å². The van der Waals surface area contributed by atoms with Gasteiger partial charge in [0.05, 0.1) is 18.7 Å². The van der Waals surface area contributed by atoms with Gasteiger partial charge in [0, 0.05) is 6.08 Å². The highest BCUT2D eigenvalue weighted by molar-refractivity contribution is 7.15. The average molecular weight is 354 g/mol. The number of aromatic nitrogens is 2. The van der Waals surface area contributed by atoms with E-state index in [1.807, 2.05) is 13.8 Å². The number of aryl methyl sites for hydroxylation is 1. The molecule has 0 bridgehead atoms. The first-order valence-electron chi connectivity index (χ1n) is 6.83. The molecule has 23 heavy (non-hydrogen) atoms. The summed E-state index contributed by atoms with van der Waals surface area (Å²) in [6, 6.07) is 3.45. The number of hydrogen-bond donors (Lipinski definition) is 1. The number of nitrogens with zero attached hydrogens (tertiary/aromatic N) is 2. The van der Waals surface area contributed by atoms with E-state index in [0.717, 1.165) is 10.6 Å². The fourth-order valence-corrected chi connectivity index (χ4v) is 2.70. The molecule has 0 aliphatic heterocycles. The SMILES string of the molecule is CCOc1cc(/C=C/C(=O)Nc2nnc(C)s2)cc(Cl)c1OC. The zero-order chi connectivity index (χ0) is 16.8. The van der Waals surface area contributed by atoms with Crippen LogP contribution in [0.25, 0.3) is 6.08 Å². The summed E-state index contributed by atoms with van der Waals surface area (Å²) >= 11 is 7.47. The van der Waals surface area contributed by atoms with Crippen molar-refractivity contribution < 1.29 is 14.3 Å². The molecule has 0 unspecified atom stereocenters. The van der Waals surface area contributed by atoms with Gasteiger partial charge in [0.2, 0.25) is 11.0 Å². The highest BCUT2D eigenvalue weighted by atomic mass is 35.5. The Morgan fingerprint density at radius 1 is 1.43 bits per heavy atom. The number of hydrogen-bond acceptors (Lipinski definition) is 6. The maximum atomic E-state index is 11.9. The molecule has 0 aliphatic carbocycles. The van der Waals surface area contributed by atoms with Gasteiger partial charge in [0.25, 0.3) is 0 Å². The molecule has 0 spiro atoms. The van der Waals surface area contributed by atoms with Crippen LogP contribution in [0.5, 0.6) is 11.5 Å². The molecule has 2 rings (SSSR count). The Morgan fingerprint density at radius 2 is 2.22 bits per heavy atom. The van der Waals surface area contributed by atoms with Crippen LogP contribution in [0.4, 0.5) is 5.13 Å². The van der Waals surface area contributed by atoms with E-state index < -0.39 is 0 Å². The number of amides is 1. The minimum absolute atomic E-state index is 0.300. The average Bonchev–Trinajstić information content (AvgIpc) is 2.90. The van der Waals surface area contributed by atoms with Crippen molar-refractivity contribution in [1.82, 2.24) is 10.2 Å². The molecule has 6 nitrogen and oxygen atoms in total. The molecule has 0 fully saturated rings. The lowest BCUT2D eigenvalue weighted by Gasteiger charge is -2.11. The van der Waals surface area contributed by atoms with E-state index in [2.05, 4.69) is 15.5 Å². The van der Waals surface area contributed by atoms with Crippen LogP contribution in [0.15, 0.2) is 18.2 Å². The number of halogens is 1. The largest absolute Gasteiger partial charge is 0.491 e. The van der Waals surface area contributed by atoms with Crippen molar-refractivity contribution in [2.24, 2.45) is 0 Å². The van der Waals surface area contributed by atoms with Crippen LogP contribution in [0.3, 0.4) is 0 Å². The first kappa shape index (κ1) is 17.2. The van der Waals surface area contributed by atoms with Gasteiger partial charge in [-0.3, -0.25) is 10.1 Å². The molecule has 0 saturated heterocycles. The number of carbonyl (C=O) groups is 1. The molecule has 1 amide bonds.